The molecule has 0 heterocycles. The first-order valence-corrected chi connectivity index (χ1v) is 6.06. The Balaban J connectivity index is 4.28. The van der Waals surface area contributed by atoms with Crippen molar-refractivity contribution < 1.29 is 0 Å². The zero-order valence-electron chi connectivity index (χ0n) is 9.35. The van der Waals surface area contributed by atoms with Gasteiger partial charge in [0.1, 0.15) is 0 Å². The van der Waals surface area contributed by atoms with Crippen LogP contribution in [0.2, 0.25) is 5.04 Å². The molecule has 0 aromatic rings. The zero-order valence-corrected chi connectivity index (χ0v) is 11.4. The van der Waals surface area contributed by atoms with Gasteiger partial charge in [-0.05, 0) is 29.7 Å². The lowest BCUT2D eigenvalue weighted by atomic mass is 9.80. The molecule has 0 aromatic heterocycles. The molecule has 0 rings (SSSR count). The molecule has 0 saturated carbocycles. The van der Waals surface area contributed by atoms with Gasteiger partial charge in [0.25, 0.3) is 0 Å². The maximum absolute atomic E-state index is 3.80. The number of hydrogen-bond acceptors (Lipinski definition) is 0. The van der Waals surface area contributed by atoms with Crippen LogP contribution in [-0.4, -0.2) is 10.2 Å². The van der Waals surface area contributed by atoms with E-state index in [-0.39, 0.29) is 0 Å². The highest BCUT2D eigenvalue weighted by Crippen LogP contribution is 2.44. The lowest BCUT2D eigenvalue weighted by molar-refractivity contribution is 0.295. The summed E-state index contributed by atoms with van der Waals surface area (Å²) in [5, 5.41) is 0.619. The third-order valence-corrected chi connectivity index (χ3v) is 6.33. The van der Waals surface area contributed by atoms with Crippen molar-refractivity contribution >= 4 is 10.2 Å². The largest absolute Gasteiger partial charge is 0.103 e. The second kappa shape index (κ2) is 4.86. The summed E-state index contributed by atoms with van der Waals surface area (Å²) in [5.74, 6) is 1.65. The van der Waals surface area contributed by atoms with E-state index in [1.54, 1.807) is 0 Å². The van der Waals surface area contributed by atoms with Gasteiger partial charge in [0.05, 0.1) is 0 Å². The monoisotopic (exact) mass is 184 g/mol. The van der Waals surface area contributed by atoms with E-state index >= 15 is 0 Å². The SMILES string of the molecule is C=CCCC([SiH3])(C(C)C)C(C)C. The normalized spacial score (nSPS) is 12.8. The summed E-state index contributed by atoms with van der Waals surface area (Å²) in [6.07, 6.45) is 4.56. The standard InChI is InChI=1S/C11H24Si/c1-6-7-8-11(12,9(2)3)10(4)5/h6,9-10H,1,7-8H2,2-5,12H3. The molecule has 0 nitrogen and oxygen atoms in total. The van der Waals surface area contributed by atoms with Crippen LogP contribution in [0, 0.1) is 11.8 Å². The Bertz CT molecular complexity index is 128. The Morgan fingerprint density at radius 2 is 1.67 bits per heavy atom. The molecule has 0 unspecified atom stereocenters. The first-order chi connectivity index (χ1) is 5.45. The van der Waals surface area contributed by atoms with E-state index in [2.05, 4.69) is 40.3 Å². The highest BCUT2D eigenvalue weighted by Gasteiger charge is 2.30. The molecular formula is C11H24Si. The summed E-state index contributed by atoms with van der Waals surface area (Å²) >= 11 is 0. The topological polar surface area (TPSA) is 0 Å². The van der Waals surface area contributed by atoms with E-state index in [0.29, 0.717) is 5.04 Å². The predicted molar refractivity (Wildman–Crippen MR) is 61.7 cm³/mol. The third-order valence-electron chi connectivity index (χ3n) is 3.53. The van der Waals surface area contributed by atoms with Crippen LogP contribution in [0.3, 0.4) is 0 Å². The van der Waals surface area contributed by atoms with Crippen molar-refractivity contribution in [2.75, 3.05) is 0 Å². The summed E-state index contributed by atoms with van der Waals surface area (Å²) in [5.41, 5.74) is 0. The van der Waals surface area contributed by atoms with Crippen LogP contribution < -0.4 is 0 Å². The molecule has 0 spiro atoms. The van der Waals surface area contributed by atoms with Crippen LogP contribution in [0.25, 0.3) is 0 Å². The van der Waals surface area contributed by atoms with Crippen LogP contribution >= 0.6 is 0 Å². The smallest absolute Gasteiger partial charge is 0.0113 e. The Kier molecular flexibility index (Phi) is 4.84. The summed E-state index contributed by atoms with van der Waals surface area (Å²) in [7, 11) is 1.30. The molecule has 0 amide bonds. The van der Waals surface area contributed by atoms with Gasteiger partial charge in [-0.3, -0.25) is 0 Å². The van der Waals surface area contributed by atoms with Gasteiger partial charge >= 0.3 is 0 Å². The van der Waals surface area contributed by atoms with Crippen LogP contribution in [-0.2, 0) is 0 Å². The average Bonchev–Trinajstić information content (AvgIpc) is 1.99. The molecule has 12 heavy (non-hydrogen) atoms. The van der Waals surface area contributed by atoms with Crippen molar-refractivity contribution in [1.29, 1.82) is 0 Å². The van der Waals surface area contributed by atoms with E-state index in [1.165, 1.54) is 23.1 Å². The molecule has 0 N–H and O–H groups in total. The van der Waals surface area contributed by atoms with Crippen molar-refractivity contribution in [2.45, 2.75) is 45.6 Å². The van der Waals surface area contributed by atoms with Crippen molar-refractivity contribution in [1.82, 2.24) is 0 Å². The summed E-state index contributed by atoms with van der Waals surface area (Å²) in [4.78, 5) is 0. The predicted octanol–water partition coefficient (Wildman–Crippen LogP) is 2.79. The molecule has 0 radical (unpaired) electrons. The lowest BCUT2D eigenvalue weighted by Gasteiger charge is -2.38. The number of rotatable bonds is 5. The Hall–Kier alpha value is -0.0431. The van der Waals surface area contributed by atoms with Gasteiger partial charge in [-0.1, -0.05) is 33.8 Å². The molecule has 0 aromatic carbocycles. The third kappa shape index (κ3) is 2.78. The van der Waals surface area contributed by atoms with Gasteiger partial charge in [0, 0.05) is 10.2 Å². The molecule has 0 saturated heterocycles. The van der Waals surface area contributed by atoms with Gasteiger partial charge < -0.3 is 0 Å². The molecular weight excluding hydrogens is 160 g/mol. The molecule has 0 aliphatic carbocycles. The molecule has 1 heteroatoms. The van der Waals surface area contributed by atoms with Crippen LogP contribution in [0.5, 0.6) is 0 Å². The molecule has 0 aliphatic rings. The van der Waals surface area contributed by atoms with Gasteiger partial charge in [0.2, 0.25) is 0 Å². The number of allylic oxidation sites excluding steroid dienone is 1. The fraction of sp³-hybridized carbons (Fsp3) is 0.818. The van der Waals surface area contributed by atoms with Crippen LogP contribution in [0.4, 0.5) is 0 Å². The highest BCUT2D eigenvalue weighted by molar-refractivity contribution is 6.15. The zero-order chi connectivity index (χ0) is 9.78. The minimum Gasteiger partial charge on any atom is -0.103 e. The van der Waals surface area contributed by atoms with Crippen LogP contribution in [0.15, 0.2) is 12.7 Å². The van der Waals surface area contributed by atoms with Gasteiger partial charge in [-0.15, -0.1) is 6.58 Å². The molecule has 0 atom stereocenters. The minimum atomic E-state index is 0.619. The van der Waals surface area contributed by atoms with E-state index < -0.39 is 0 Å². The van der Waals surface area contributed by atoms with Gasteiger partial charge in [-0.2, -0.15) is 0 Å². The van der Waals surface area contributed by atoms with Crippen molar-refractivity contribution in [3.05, 3.63) is 12.7 Å². The molecule has 0 bridgehead atoms. The first-order valence-electron chi connectivity index (χ1n) is 5.06. The second-order valence-corrected chi connectivity index (χ2v) is 6.50. The maximum atomic E-state index is 3.80. The summed E-state index contributed by atoms with van der Waals surface area (Å²) < 4.78 is 0. The Morgan fingerprint density at radius 1 is 1.25 bits per heavy atom. The van der Waals surface area contributed by atoms with Crippen molar-refractivity contribution in [2.24, 2.45) is 11.8 Å². The Labute approximate surface area is 80.9 Å². The fourth-order valence-corrected chi connectivity index (χ4v) is 1.95. The minimum absolute atomic E-state index is 0.619. The average molecular weight is 184 g/mol. The fourth-order valence-electron chi connectivity index (χ4n) is 1.66. The number of hydrogen-bond donors (Lipinski definition) is 0. The first kappa shape index (κ1) is 12.0. The summed E-state index contributed by atoms with van der Waals surface area (Å²) in [6.45, 7) is 13.2. The van der Waals surface area contributed by atoms with Crippen molar-refractivity contribution in [3.8, 4) is 0 Å². The van der Waals surface area contributed by atoms with Crippen molar-refractivity contribution in [3.63, 3.8) is 0 Å². The van der Waals surface area contributed by atoms with E-state index in [1.807, 2.05) is 0 Å². The highest BCUT2D eigenvalue weighted by atomic mass is 28.1. The lowest BCUT2D eigenvalue weighted by Crippen LogP contribution is -2.25. The quantitative estimate of drug-likeness (QED) is 0.455. The molecule has 72 valence electrons. The van der Waals surface area contributed by atoms with E-state index in [9.17, 15) is 0 Å². The van der Waals surface area contributed by atoms with E-state index in [4.69, 9.17) is 0 Å². The molecule has 0 aliphatic heterocycles. The van der Waals surface area contributed by atoms with E-state index in [0.717, 1.165) is 11.8 Å². The summed E-state index contributed by atoms with van der Waals surface area (Å²) in [6, 6.07) is 0. The Morgan fingerprint density at radius 3 is 1.92 bits per heavy atom. The molecule has 0 fully saturated rings. The van der Waals surface area contributed by atoms with Crippen LogP contribution in [0.1, 0.15) is 40.5 Å². The second-order valence-electron chi connectivity index (χ2n) is 4.64. The maximum Gasteiger partial charge on any atom is 0.0113 e. The van der Waals surface area contributed by atoms with Gasteiger partial charge in [-0.25, -0.2) is 0 Å². The van der Waals surface area contributed by atoms with Gasteiger partial charge in [0.15, 0.2) is 0 Å².